The first-order valence-electron chi connectivity index (χ1n) is 5.39. The van der Waals surface area contributed by atoms with Gasteiger partial charge in [-0.05, 0) is 25.5 Å². The van der Waals surface area contributed by atoms with E-state index in [-0.39, 0.29) is 4.90 Å². The molecule has 0 spiro atoms. The second-order valence-corrected chi connectivity index (χ2v) is 5.48. The van der Waals surface area contributed by atoms with Gasteiger partial charge in [0.2, 0.25) is 0 Å². The van der Waals surface area contributed by atoms with Crippen LogP contribution in [0.15, 0.2) is 34.3 Å². The molecule has 0 unspecified atom stereocenters. The third-order valence-corrected chi connectivity index (χ3v) is 3.52. The minimum atomic E-state index is -4.65. The molecule has 1 aromatic rings. The third kappa shape index (κ3) is 4.23. The van der Waals surface area contributed by atoms with Crippen molar-refractivity contribution in [3.8, 4) is 0 Å². The van der Waals surface area contributed by atoms with E-state index in [1.54, 1.807) is 23.9 Å². The summed E-state index contributed by atoms with van der Waals surface area (Å²) >= 11 is 0. The van der Waals surface area contributed by atoms with Gasteiger partial charge in [0.05, 0.1) is 4.90 Å². The second kappa shape index (κ2) is 5.60. The predicted octanol–water partition coefficient (Wildman–Crippen LogP) is 2.60. The molecule has 1 N–H and O–H groups in total. The van der Waals surface area contributed by atoms with Crippen LogP contribution in [0, 0.1) is 6.92 Å². The Hall–Kier alpha value is -1.57. The Morgan fingerprint density at radius 1 is 1.26 bits per heavy atom. The molecule has 0 aliphatic rings. The van der Waals surface area contributed by atoms with E-state index in [4.69, 9.17) is 0 Å². The zero-order valence-electron chi connectivity index (χ0n) is 10.3. The molecule has 0 heterocycles. The highest BCUT2D eigenvalue weighted by atomic mass is 32.2. The molecule has 0 saturated heterocycles. The Labute approximate surface area is 109 Å². The molecule has 1 rings (SSSR count). The van der Waals surface area contributed by atoms with Gasteiger partial charge in [-0.1, -0.05) is 24.6 Å². The van der Waals surface area contributed by atoms with Crippen LogP contribution in [-0.2, 0) is 10.0 Å². The first-order valence-corrected chi connectivity index (χ1v) is 6.87. The minimum absolute atomic E-state index is 0.139. The Kier molecular flexibility index (Phi) is 4.56. The molecular formula is C11H13F3N2O2S. The first-order chi connectivity index (χ1) is 8.66. The normalized spacial score (nSPS) is 13.4. The molecule has 0 aliphatic carbocycles. The fourth-order valence-corrected chi connectivity index (χ4v) is 2.06. The lowest BCUT2D eigenvalue weighted by Crippen LogP contribution is -2.27. The Morgan fingerprint density at radius 2 is 1.79 bits per heavy atom. The van der Waals surface area contributed by atoms with Crippen LogP contribution in [0.1, 0.15) is 18.9 Å². The summed E-state index contributed by atoms with van der Waals surface area (Å²) < 4.78 is 60.6. The van der Waals surface area contributed by atoms with E-state index in [0.717, 1.165) is 5.56 Å². The number of sulfonamides is 1. The number of hydrogen-bond donors (Lipinski definition) is 1. The zero-order valence-corrected chi connectivity index (χ0v) is 11.1. The van der Waals surface area contributed by atoms with Crippen molar-refractivity contribution in [2.75, 3.05) is 0 Å². The highest BCUT2D eigenvalue weighted by Gasteiger charge is 2.34. The van der Waals surface area contributed by atoms with Crippen molar-refractivity contribution in [2.45, 2.75) is 31.3 Å². The van der Waals surface area contributed by atoms with Crippen LogP contribution in [0.4, 0.5) is 13.2 Å². The number of alkyl halides is 3. The van der Waals surface area contributed by atoms with Gasteiger partial charge in [0, 0.05) is 0 Å². The van der Waals surface area contributed by atoms with E-state index in [1.165, 1.54) is 19.1 Å². The van der Waals surface area contributed by atoms with Crippen LogP contribution in [-0.4, -0.2) is 20.3 Å². The Balaban J connectivity index is 2.98. The van der Waals surface area contributed by atoms with Gasteiger partial charge >= 0.3 is 6.18 Å². The molecule has 1 aromatic carbocycles. The molecular weight excluding hydrogens is 281 g/mol. The van der Waals surface area contributed by atoms with E-state index >= 15 is 0 Å². The summed E-state index contributed by atoms with van der Waals surface area (Å²) in [7, 11) is -4.08. The molecule has 4 nitrogen and oxygen atoms in total. The largest absolute Gasteiger partial charge is 0.431 e. The summed E-state index contributed by atoms with van der Waals surface area (Å²) in [6.07, 6.45) is -5.07. The van der Waals surface area contributed by atoms with Crippen molar-refractivity contribution in [2.24, 2.45) is 5.10 Å². The van der Waals surface area contributed by atoms with E-state index in [1.807, 2.05) is 0 Å². The molecule has 8 heteroatoms. The van der Waals surface area contributed by atoms with E-state index in [2.05, 4.69) is 5.10 Å². The maximum absolute atomic E-state index is 12.4. The average Bonchev–Trinajstić information content (AvgIpc) is 2.28. The van der Waals surface area contributed by atoms with Gasteiger partial charge in [-0.2, -0.15) is 31.5 Å². The van der Waals surface area contributed by atoms with Crippen LogP contribution in [0.25, 0.3) is 0 Å². The number of hydrogen-bond acceptors (Lipinski definition) is 3. The highest BCUT2D eigenvalue weighted by Crippen LogP contribution is 2.19. The zero-order chi connectivity index (χ0) is 14.7. The molecule has 0 fully saturated rings. The first kappa shape index (κ1) is 15.5. The van der Waals surface area contributed by atoms with Crippen molar-refractivity contribution >= 4 is 15.7 Å². The molecule has 0 amide bonds. The summed E-state index contributed by atoms with van der Waals surface area (Å²) in [6.45, 7) is 3.01. The van der Waals surface area contributed by atoms with E-state index < -0.39 is 28.3 Å². The van der Waals surface area contributed by atoms with Gasteiger partial charge in [0.15, 0.2) is 0 Å². The molecule has 0 atom stereocenters. The fraction of sp³-hybridized carbons (Fsp3) is 0.364. The van der Waals surface area contributed by atoms with Crippen molar-refractivity contribution < 1.29 is 21.6 Å². The highest BCUT2D eigenvalue weighted by molar-refractivity contribution is 7.89. The molecule has 0 aromatic heterocycles. The number of rotatable bonds is 4. The van der Waals surface area contributed by atoms with Gasteiger partial charge in [-0.25, -0.2) is 0 Å². The van der Waals surface area contributed by atoms with Crippen LogP contribution < -0.4 is 4.83 Å². The van der Waals surface area contributed by atoms with Gasteiger partial charge < -0.3 is 0 Å². The van der Waals surface area contributed by atoms with Crippen molar-refractivity contribution in [3.05, 3.63) is 29.8 Å². The van der Waals surface area contributed by atoms with E-state index in [0.29, 0.717) is 0 Å². The minimum Gasteiger partial charge on any atom is -0.200 e. The van der Waals surface area contributed by atoms with Gasteiger partial charge in [-0.3, -0.25) is 0 Å². The van der Waals surface area contributed by atoms with E-state index in [9.17, 15) is 21.6 Å². The summed E-state index contributed by atoms with van der Waals surface area (Å²) in [4.78, 5) is 1.45. The maximum Gasteiger partial charge on any atom is 0.431 e. The topological polar surface area (TPSA) is 58.5 Å². The number of nitrogens with one attached hydrogen (secondary N) is 1. The quantitative estimate of drug-likeness (QED) is 0.685. The summed E-state index contributed by atoms with van der Waals surface area (Å²) in [5, 5.41) is 2.94. The van der Waals surface area contributed by atoms with Crippen molar-refractivity contribution in [1.29, 1.82) is 0 Å². The molecule has 0 aliphatic heterocycles. The predicted molar refractivity (Wildman–Crippen MR) is 65.3 cm³/mol. The van der Waals surface area contributed by atoms with Crippen molar-refractivity contribution in [3.63, 3.8) is 0 Å². The smallest absolute Gasteiger partial charge is 0.200 e. The Morgan fingerprint density at radius 3 is 2.21 bits per heavy atom. The number of aryl methyl sites for hydroxylation is 1. The van der Waals surface area contributed by atoms with Crippen molar-refractivity contribution in [1.82, 2.24) is 4.83 Å². The lowest BCUT2D eigenvalue weighted by molar-refractivity contribution is -0.0605. The standard InChI is InChI=1S/C11H13F3N2O2S/c1-3-10(11(12,13)14)15-16-19(17,18)9-6-4-8(2)5-7-9/h4-7,16H,3H2,1-2H3. The lowest BCUT2D eigenvalue weighted by Gasteiger charge is -2.09. The second-order valence-electron chi connectivity index (χ2n) is 3.82. The number of nitrogens with zero attached hydrogens (tertiary/aromatic N) is 1. The molecule has 106 valence electrons. The molecule has 0 saturated carbocycles. The molecule has 19 heavy (non-hydrogen) atoms. The SMILES string of the molecule is CCC(=NNS(=O)(=O)c1ccc(C)cc1)C(F)(F)F. The summed E-state index contributed by atoms with van der Waals surface area (Å²) in [6, 6.07) is 5.68. The number of halogens is 3. The van der Waals surface area contributed by atoms with Gasteiger partial charge in [0.25, 0.3) is 10.0 Å². The van der Waals surface area contributed by atoms with Crippen LogP contribution in [0.5, 0.6) is 0 Å². The molecule has 0 bridgehead atoms. The Bertz CT molecular complexity index is 563. The number of benzene rings is 1. The third-order valence-electron chi connectivity index (χ3n) is 2.29. The monoisotopic (exact) mass is 294 g/mol. The van der Waals surface area contributed by atoms with Gasteiger partial charge in [-0.15, -0.1) is 0 Å². The van der Waals surface area contributed by atoms with Crippen LogP contribution >= 0.6 is 0 Å². The average molecular weight is 294 g/mol. The molecule has 0 radical (unpaired) electrons. The summed E-state index contributed by atoms with van der Waals surface area (Å²) in [5.41, 5.74) is -0.338. The van der Waals surface area contributed by atoms with Crippen LogP contribution in [0.3, 0.4) is 0 Å². The summed E-state index contributed by atoms with van der Waals surface area (Å²) in [5.74, 6) is 0. The fourth-order valence-electron chi connectivity index (χ4n) is 1.23. The van der Waals surface area contributed by atoms with Gasteiger partial charge in [0.1, 0.15) is 5.71 Å². The maximum atomic E-state index is 12.4. The van der Waals surface area contributed by atoms with Crippen LogP contribution in [0.2, 0.25) is 0 Å². The number of hydrazone groups is 1. The lowest BCUT2D eigenvalue weighted by atomic mass is 10.2.